The molecule has 18 heteroatoms. The highest BCUT2D eigenvalue weighted by Crippen LogP contribution is 2.40. The first-order chi connectivity index (χ1) is 33.8. The van der Waals surface area contributed by atoms with Crippen molar-refractivity contribution in [1.29, 1.82) is 0 Å². The number of imide groups is 1. The number of phenols is 1. The number of anilines is 2. The molecule has 5 fully saturated rings. The first kappa shape index (κ1) is 47.6. The number of halogens is 2. The van der Waals surface area contributed by atoms with Crippen molar-refractivity contribution >= 4 is 50.9 Å². The predicted molar refractivity (Wildman–Crippen MR) is 261 cm³/mol. The number of amides is 3. The van der Waals surface area contributed by atoms with Gasteiger partial charge < -0.3 is 35.0 Å². The lowest BCUT2D eigenvalue weighted by Crippen LogP contribution is -2.52. The van der Waals surface area contributed by atoms with E-state index in [-0.39, 0.29) is 58.9 Å². The van der Waals surface area contributed by atoms with E-state index in [0.717, 1.165) is 90.0 Å². The van der Waals surface area contributed by atoms with E-state index in [1.165, 1.54) is 24.4 Å². The first-order valence-corrected chi connectivity index (χ1v) is 25.0. The quantitative estimate of drug-likeness (QED) is 0.111. The summed E-state index contributed by atoms with van der Waals surface area (Å²) >= 11 is 0. The molecule has 5 saturated heterocycles. The molecule has 0 bridgehead atoms. The lowest BCUT2D eigenvalue weighted by Gasteiger charge is -2.40. The molecule has 0 radical (unpaired) electrons. The fourth-order valence-corrected chi connectivity index (χ4v) is 11.4. The van der Waals surface area contributed by atoms with Gasteiger partial charge in [-0.3, -0.25) is 29.6 Å². The monoisotopic (exact) mass is 960 g/mol. The largest absolute Gasteiger partial charge is 0.508 e. The Balaban J connectivity index is 0.741. The molecule has 5 aliphatic heterocycles. The number of nitrogens with one attached hydrogen (secondary N) is 2. The highest BCUT2D eigenvalue weighted by Gasteiger charge is 2.35. The summed E-state index contributed by atoms with van der Waals surface area (Å²) < 4.78 is 38.6. The number of phenolic OH excluding ortho intramolecular Hbond substituents is 1. The molecule has 70 heavy (non-hydrogen) atoms. The van der Waals surface area contributed by atoms with E-state index in [0.29, 0.717) is 72.0 Å². The minimum Gasteiger partial charge on any atom is -0.508 e. The van der Waals surface area contributed by atoms with Crippen molar-refractivity contribution in [2.24, 2.45) is 11.8 Å². The number of piperidine rings is 4. The molecule has 4 N–H and O–H groups in total. The Morgan fingerprint density at radius 3 is 2.47 bits per heavy atom. The zero-order valence-electron chi connectivity index (χ0n) is 39.9. The van der Waals surface area contributed by atoms with Gasteiger partial charge in [-0.15, -0.1) is 0 Å². The van der Waals surface area contributed by atoms with Crippen LogP contribution in [0.3, 0.4) is 0 Å². The second kappa shape index (κ2) is 19.9. The Morgan fingerprint density at radius 1 is 0.929 bits per heavy atom. The normalized spacial score (nSPS) is 23.3. The number of aromatic hydroxyl groups is 1. The fourth-order valence-electron chi connectivity index (χ4n) is 11.4. The van der Waals surface area contributed by atoms with E-state index >= 15 is 8.78 Å². The van der Waals surface area contributed by atoms with Crippen molar-refractivity contribution in [3.05, 3.63) is 71.7 Å². The van der Waals surface area contributed by atoms with Crippen LogP contribution in [0.5, 0.6) is 11.8 Å². The molecular weight excluding hydrogens is 899 g/mol. The molecule has 10 rings (SSSR count). The summed E-state index contributed by atoms with van der Waals surface area (Å²) in [5.41, 5.74) is 0.861. The summed E-state index contributed by atoms with van der Waals surface area (Å²) in [4.78, 5) is 64.2. The molecule has 3 amide bonds. The average Bonchev–Trinajstić information content (AvgIpc) is 3.83. The van der Waals surface area contributed by atoms with Crippen molar-refractivity contribution in [3.63, 3.8) is 0 Å². The average molecular weight is 961 g/mol. The van der Waals surface area contributed by atoms with Crippen LogP contribution in [0, 0.1) is 23.5 Å². The number of carbonyl (C=O) groups excluding carboxylic acids is 3. The lowest BCUT2D eigenvalue weighted by atomic mass is 9.94. The maximum absolute atomic E-state index is 17.1. The van der Waals surface area contributed by atoms with Crippen molar-refractivity contribution in [3.8, 4) is 23.0 Å². The van der Waals surface area contributed by atoms with E-state index in [2.05, 4.69) is 40.3 Å². The standard InChI is InChI=1S/C52H62F2N10O6/c1-3-37-40(53)7-5-33-23-36(65)24-38(44(33)37)46-45(54)47-39(26-56-46)48(64-17-4-16-52(2,69)30-64)60-51(59-47)70-29-32-13-22-63(28-32)34-14-18-61(19-15-34)27-31-11-20-62(21-12-31)35-6-8-41(55-25-35)49(67)57-42-9-10-43(66)58-50(42)68/h5-8,23-26,31-32,34,42,65,69H,3-4,9-22,27-30H2,1-2H3,(H,57,67)(H,58,66,68)/t32?,42?,52-/m1/s1. The first-order valence-electron chi connectivity index (χ1n) is 25.0. The van der Waals surface area contributed by atoms with Crippen LogP contribution in [0.25, 0.3) is 32.9 Å². The molecule has 0 spiro atoms. The zero-order valence-corrected chi connectivity index (χ0v) is 39.9. The van der Waals surface area contributed by atoms with Crippen LogP contribution in [-0.2, 0) is 16.0 Å². The van der Waals surface area contributed by atoms with Gasteiger partial charge in [0.25, 0.3) is 5.91 Å². The maximum Gasteiger partial charge on any atom is 0.319 e. The van der Waals surface area contributed by atoms with Gasteiger partial charge in [-0.05, 0) is 137 Å². The van der Waals surface area contributed by atoms with Crippen LogP contribution in [0.15, 0.2) is 48.8 Å². The van der Waals surface area contributed by atoms with E-state index < -0.39 is 35.1 Å². The second-order valence-electron chi connectivity index (χ2n) is 20.3. The van der Waals surface area contributed by atoms with Gasteiger partial charge in [-0.1, -0.05) is 13.0 Å². The summed E-state index contributed by atoms with van der Waals surface area (Å²) in [5.74, 6) is -1.20. The molecule has 2 unspecified atom stereocenters. The van der Waals surface area contributed by atoms with Gasteiger partial charge in [0.15, 0.2) is 5.82 Å². The third-order valence-corrected chi connectivity index (χ3v) is 15.2. The maximum atomic E-state index is 17.1. The topological polar surface area (TPSA) is 189 Å². The van der Waals surface area contributed by atoms with Crippen LogP contribution in [0.2, 0.25) is 0 Å². The van der Waals surface area contributed by atoms with Gasteiger partial charge in [0.1, 0.15) is 40.3 Å². The number of aliphatic hydroxyl groups is 1. The van der Waals surface area contributed by atoms with Crippen LogP contribution in [0.4, 0.5) is 20.3 Å². The molecule has 8 heterocycles. The van der Waals surface area contributed by atoms with E-state index in [1.54, 1.807) is 25.3 Å². The molecule has 5 aromatic rings. The number of likely N-dealkylation sites (tertiary alicyclic amines) is 2. The Hall–Kier alpha value is -6.11. The number of hydrogen-bond donors (Lipinski definition) is 4. The summed E-state index contributed by atoms with van der Waals surface area (Å²) in [7, 11) is 0. The molecule has 2 aromatic carbocycles. The van der Waals surface area contributed by atoms with Crippen molar-refractivity contribution in [2.75, 3.05) is 75.3 Å². The van der Waals surface area contributed by atoms with Gasteiger partial charge in [0, 0.05) is 69.4 Å². The van der Waals surface area contributed by atoms with E-state index in [9.17, 15) is 24.6 Å². The Kier molecular flexibility index (Phi) is 13.6. The summed E-state index contributed by atoms with van der Waals surface area (Å²) in [6.07, 6.45) is 10.8. The third-order valence-electron chi connectivity index (χ3n) is 15.2. The van der Waals surface area contributed by atoms with Crippen LogP contribution < -0.4 is 25.2 Å². The summed E-state index contributed by atoms with van der Waals surface area (Å²) in [5, 5.41) is 28.2. The van der Waals surface area contributed by atoms with Crippen LogP contribution in [0.1, 0.15) is 87.7 Å². The Bertz CT molecular complexity index is 2780. The Labute approximate surface area is 405 Å². The molecule has 370 valence electrons. The van der Waals surface area contributed by atoms with E-state index in [1.807, 2.05) is 17.9 Å². The van der Waals surface area contributed by atoms with Crippen LogP contribution >= 0.6 is 0 Å². The van der Waals surface area contributed by atoms with Crippen molar-refractivity contribution in [1.82, 2.24) is 40.4 Å². The number of nitrogens with zero attached hydrogens (tertiary/aromatic N) is 8. The number of ether oxygens (including phenoxy) is 1. The predicted octanol–water partition coefficient (Wildman–Crippen LogP) is 5.75. The van der Waals surface area contributed by atoms with E-state index in [4.69, 9.17) is 9.72 Å². The second-order valence-corrected chi connectivity index (χ2v) is 20.3. The van der Waals surface area contributed by atoms with Gasteiger partial charge >= 0.3 is 6.01 Å². The number of aromatic nitrogens is 4. The van der Waals surface area contributed by atoms with Crippen molar-refractivity contribution in [2.45, 2.75) is 95.7 Å². The minimum absolute atomic E-state index is 0.00669. The highest BCUT2D eigenvalue weighted by molar-refractivity contribution is 6.04. The fraction of sp³-hybridized carbons (Fsp3) is 0.519. The zero-order chi connectivity index (χ0) is 48.7. The van der Waals surface area contributed by atoms with Gasteiger partial charge in [0.2, 0.25) is 11.8 Å². The minimum atomic E-state index is -0.965. The number of hydrogen-bond acceptors (Lipinski definition) is 14. The molecule has 0 saturated carbocycles. The molecule has 3 aromatic heterocycles. The molecule has 16 nitrogen and oxygen atoms in total. The number of aryl methyl sites for hydroxylation is 1. The number of pyridine rings is 2. The number of β-amino-alcohol motifs (C(OH)–C–C–N with tert-alkyl or cyclic N) is 1. The SMILES string of the molecule is CCc1c(F)ccc2cc(O)cc(-c3ncc4c(N5CCC[C@@](C)(O)C5)nc(OCC5CCN(C6CCN(CC7CCN(c8ccc(C(=O)NC9CCC(=O)NC9=O)nc8)CC7)CC6)C5)nc4c3F)c12. The Morgan fingerprint density at radius 2 is 1.73 bits per heavy atom. The van der Waals surface area contributed by atoms with Gasteiger partial charge in [-0.2, -0.15) is 9.97 Å². The van der Waals surface area contributed by atoms with Gasteiger partial charge in [-0.25, -0.2) is 13.8 Å². The molecule has 5 aliphatic rings. The number of fused-ring (bicyclic) bond motifs is 2. The smallest absolute Gasteiger partial charge is 0.319 e. The summed E-state index contributed by atoms with van der Waals surface area (Å²) in [6.45, 7) is 11.8. The third kappa shape index (κ3) is 10.1. The molecule has 3 atom stereocenters. The van der Waals surface area contributed by atoms with Crippen molar-refractivity contribution < 1.29 is 38.1 Å². The summed E-state index contributed by atoms with van der Waals surface area (Å²) in [6, 6.07) is 9.28. The molecule has 0 aliphatic carbocycles. The number of rotatable bonds is 12. The number of carbonyl (C=O) groups is 3. The lowest BCUT2D eigenvalue weighted by molar-refractivity contribution is -0.134. The molecular formula is C52H62F2N10O6. The van der Waals surface area contributed by atoms with Crippen LogP contribution in [-0.4, -0.2) is 141 Å². The van der Waals surface area contributed by atoms with Gasteiger partial charge in [0.05, 0.1) is 29.5 Å². The number of benzene rings is 2. The highest BCUT2D eigenvalue weighted by atomic mass is 19.1.